The zero-order valence-corrected chi connectivity index (χ0v) is 27.0. The Hall–Kier alpha value is -6.06. The average Bonchev–Trinajstić information content (AvgIpc) is 3.72. The molecule has 0 radical (unpaired) electrons. The van der Waals surface area contributed by atoms with Crippen LogP contribution in [0.1, 0.15) is 6.92 Å². The molecule has 0 spiro atoms. The molecule has 48 heavy (non-hydrogen) atoms. The predicted octanol–water partition coefficient (Wildman–Crippen LogP) is 9.59. The number of allylic oxidation sites excluding steroid dienone is 1. The molecule has 0 aliphatic heterocycles. The molecule has 0 atom stereocenters. The van der Waals surface area contributed by atoms with Gasteiger partial charge in [0.1, 0.15) is 0 Å². The highest BCUT2D eigenvalue weighted by Gasteiger charge is 2.22. The monoisotopic (exact) mass is 614 g/mol. The molecule has 0 amide bonds. The van der Waals surface area contributed by atoms with Crippen molar-refractivity contribution in [2.45, 2.75) is 6.92 Å². The van der Waals surface area contributed by atoms with E-state index in [2.05, 4.69) is 192 Å². The molecule has 2 heterocycles. The molecule has 2 nitrogen and oxygen atoms in total. The van der Waals surface area contributed by atoms with Crippen molar-refractivity contribution >= 4 is 66.6 Å². The summed E-state index contributed by atoms with van der Waals surface area (Å²) in [5.74, 6) is 0. The normalized spacial score (nSPS) is 11.1. The Labute approximate surface area is 281 Å². The Balaban J connectivity index is 0.00000108. The lowest BCUT2D eigenvalue weighted by molar-refractivity contribution is 1.13. The quantitative estimate of drug-likeness (QED) is 0.135. The second-order valence-corrected chi connectivity index (χ2v) is 12.2. The van der Waals surface area contributed by atoms with Gasteiger partial charge in [-0.1, -0.05) is 144 Å². The third-order valence-corrected chi connectivity index (χ3v) is 9.24. The summed E-state index contributed by atoms with van der Waals surface area (Å²) in [6, 6.07) is 61.7. The van der Waals surface area contributed by atoms with Gasteiger partial charge in [0.05, 0.1) is 16.6 Å². The van der Waals surface area contributed by atoms with Crippen LogP contribution in [-0.4, -0.2) is 15.8 Å². The number of benzene rings is 7. The standard InChI is InChI=1S/C42H29BN2.C3H6/c1-4-12-32(13-5-1)43(33-14-6-2-7-15-33)34-21-23-36(24-22-34)45-40-19-11-10-18-37(40)38-25-20-30-29-41-31(28-39(30)42(38)45)26-27-44(41)35-16-8-3-9-17-35;1-3-2/h1-29H;3H,1H2,2H3. The minimum absolute atomic E-state index is 0.169. The number of rotatable bonds is 5. The molecule has 9 rings (SSSR count). The van der Waals surface area contributed by atoms with Crippen molar-refractivity contribution in [2.24, 2.45) is 0 Å². The fraction of sp³-hybridized carbons (Fsp3) is 0.0222. The molecule has 0 fully saturated rings. The highest BCUT2D eigenvalue weighted by atomic mass is 15.0. The molecule has 228 valence electrons. The number of fused-ring (bicyclic) bond motifs is 6. The highest BCUT2D eigenvalue weighted by Crippen LogP contribution is 2.38. The van der Waals surface area contributed by atoms with Gasteiger partial charge in [0, 0.05) is 39.1 Å². The summed E-state index contributed by atoms with van der Waals surface area (Å²) < 4.78 is 4.74. The molecule has 0 aliphatic rings. The van der Waals surface area contributed by atoms with Crippen LogP contribution in [0, 0.1) is 0 Å². The summed E-state index contributed by atoms with van der Waals surface area (Å²) in [4.78, 5) is 0. The van der Waals surface area contributed by atoms with Crippen LogP contribution in [0.4, 0.5) is 0 Å². The van der Waals surface area contributed by atoms with Crippen molar-refractivity contribution in [3.8, 4) is 11.4 Å². The topological polar surface area (TPSA) is 9.86 Å². The second-order valence-electron chi connectivity index (χ2n) is 12.2. The third kappa shape index (κ3) is 5.10. The summed E-state index contributed by atoms with van der Waals surface area (Å²) >= 11 is 0. The van der Waals surface area contributed by atoms with Crippen molar-refractivity contribution in [1.82, 2.24) is 9.13 Å². The van der Waals surface area contributed by atoms with E-state index in [9.17, 15) is 0 Å². The van der Waals surface area contributed by atoms with Crippen LogP contribution in [-0.2, 0) is 0 Å². The first-order valence-electron chi connectivity index (χ1n) is 16.5. The minimum Gasteiger partial charge on any atom is -0.317 e. The Morgan fingerprint density at radius 3 is 1.73 bits per heavy atom. The van der Waals surface area contributed by atoms with Crippen molar-refractivity contribution in [3.05, 3.63) is 189 Å². The largest absolute Gasteiger partial charge is 0.317 e. The molecule has 0 bridgehead atoms. The first-order valence-corrected chi connectivity index (χ1v) is 16.5. The lowest BCUT2D eigenvalue weighted by Gasteiger charge is -2.17. The molecule has 0 saturated heterocycles. The van der Waals surface area contributed by atoms with E-state index in [0.717, 1.165) is 0 Å². The van der Waals surface area contributed by atoms with E-state index < -0.39 is 0 Å². The Morgan fingerprint density at radius 2 is 1.06 bits per heavy atom. The van der Waals surface area contributed by atoms with Gasteiger partial charge in [0.15, 0.2) is 0 Å². The van der Waals surface area contributed by atoms with Crippen LogP contribution in [0.25, 0.3) is 54.9 Å². The van der Waals surface area contributed by atoms with Gasteiger partial charge in [-0.05, 0) is 60.8 Å². The molecule has 2 aromatic heterocycles. The molecule has 0 unspecified atom stereocenters. The third-order valence-electron chi connectivity index (χ3n) is 9.24. The van der Waals surface area contributed by atoms with Gasteiger partial charge in [0.2, 0.25) is 6.71 Å². The van der Waals surface area contributed by atoms with E-state index >= 15 is 0 Å². The Morgan fingerprint density at radius 1 is 0.479 bits per heavy atom. The molecule has 0 saturated carbocycles. The van der Waals surface area contributed by atoms with Crippen LogP contribution in [0.3, 0.4) is 0 Å². The fourth-order valence-electron chi connectivity index (χ4n) is 7.18. The lowest BCUT2D eigenvalue weighted by atomic mass is 9.37. The molecule has 0 N–H and O–H groups in total. The van der Waals surface area contributed by atoms with Crippen molar-refractivity contribution in [3.63, 3.8) is 0 Å². The van der Waals surface area contributed by atoms with E-state index in [1.807, 2.05) is 6.92 Å². The second kappa shape index (κ2) is 12.6. The van der Waals surface area contributed by atoms with Crippen molar-refractivity contribution < 1.29 is 0 Å². The van der Waals surface area contributed by atoms with E-state index in [0.29, 0.717) is 0 Å². The molecule has 3 heteroatoms. The summed E-state index contributed by atoms with van der Waals surface area (Å²) in [7, 11) is 0. The number of nitrogens with zero attached hydrogens (tertiary/aromatic N) is 2. The summed E-state index contributed by atoms with van der Waals surface area (Å²) in [6.07, 6.45) is 3.93. The van der Waals surface area contributed by atoms with E-state index in [4.69, 9.17) is 0 Å². The van der Waals surface area contributed by atoms with Gasteiger partial charge < -0.3 is 9.13 Å². The predicted molar refractivity (Wildman–Crippen MR) is 209 cm³/mol. The molecule has 7 aromatic carbocycles. The lowest BCUT2D eigenvalue weighted by Crippen LogP contribution is -2.51. The SMILES string of the molecule is C=CC.c1ccc(B(c2ccccc2)c2ccc(-n3c4ccccc4c4ccc5cc6c(ccn6-c6ccccc6)cc5c43)cc2)cc1. The van der Waals surface area contributed by atoms with E-state index in [1.165, 1.54) is 71.2 Å². The first-order chi connectivity index (χ1) is 23.7. The van der Waals surface area contributed by atoms with Crippen molar-refractivity contribution in [1.29, 1.82) is 0 Å². The van der Waals surface area contributed by atoms with Gasteiger partial charge in [0.25, 0.3) is 0 Å². The van der Waals surface area contributed by atoms with Gasteiger partial charge >= 0.3 is 0 Å². The zero-order valence-electron chi connectivity index (χ0n) is 27.0. The minimum atomic E-state index is 0.169. The molecular weight excluding hydrogens is 579 g/mol. The maximum Gasteiger partial charge on any atom is 0.241 e. The van der Waals surface area contributed by atoms with E-state index in [1.54, 1.807) is 6.08 Å². The summed E-state index contributed by atoms with van der Waals surface area (Å²) in [6.45, 7) is 5.42. The first kappa shape index (κ1) is 29.4. The van der Waals surface area contributed by atoms with Crippen LogP contribution in [0.5, 0.6) is 0 Å². The number of hydrogen-bond acceptors (Lipinski definition) is 0. The summed E-state index contributed by atoms with van der Waals surface area (Å²) in [5, 5.41) is 6.28. The number of aromatic nitrogens is 2. The maximum absolute atomic E-state index is 3.36. The van der Waals surface area contributed by atoms with Crippen LogP contribution < -0.4 is 16.4 Å². The van der Waals surface area contributed by atoms with Gasteiger partial charge in [-0.3, -0.25) is 0 Å². The van der Waals surface area contributed by atoms with Crippen LogP contribution >= 0.6 is 0 Å². The molecular formula is C45H35BN2. The Kier molecular flexibility index (Phi) is 7.72. The number of para-hydroxylation sites is 2. The fourth-order valence-corrected chi connectivity index (χ4v) is 7.18. The Bertz CT molecular complexity index is 2470. The van der Waals surface area contributed by atoms with Gasteiger partial charge in [-0.2, -0.15) is 0 Å². The van der Waals surface area contributed by atoms with Crippen molar-refractivity contribution in [2.75, 3.05) is 0 Å². The molecule has 9 aromatic rings. The highest BCUT2D eigenvalue weighted by molar-refractivity contribution is 6.95. The summed E-state index contributed by atoms with van der Waals surface area (Å²) in [5.41, 5.74) is 9.90. The average molecular weight is 615 g/mol. The van der Waals surface area contributed by atoms with Crippen LogP contribution in [0.15, 0.2) is 189 Å². The smallest absolute Gasteiger partial charge is 0.241 e. The maximum atomic E-state index is 3.36. The van der Waals surface area contributed by atoms with Gasteiger partial charge in [-0.15, -0.1) is 6.58 Å². The molecule has 0 aliphatic carbocycles. The number of hydrogen-bond donors (Lipinski definition) is 0. The van der Waals surface area contributed by atoms with Gasteiger partial charge in [-0.25, -0.2) is 0 Å². The van der Waals surface area contributed by atoms with E-state index in [-0.39, 0.29) is 6.71 Å². The van der Waals surface area contributed by atoms with Crippen LogP contribution in [0.2, 0.25) is 0 Å². The zero-order chi connectivity index (χ0) is 32.5.